The summed E-state index contributed by atoms with van der Waals surface area (Å²) in [6, 6.07) is 29.1. The maximum absolute atomic E-state index is 10.5. The predicted molar refractivity (Wildman–Crippen MR) is 115 cm³/mol. The Balaban J connectivity index is 1.91. The summed E-state index contributed by atoms with van der Waals surface area (Å²) in [5.74, 6) is -0.148. The zero-order valence-electron chi connectivity index (χ0n) is 16.4. The Hall–Kier alpha value is -2.62. The van der Waals surface area contributed by atoms with E-state index < -0.39 is 6.10 Å². The van der Waals surface area contributed by atoms with Crippen LogP contribution in [0.5, 0.6) is 0 Å². The summed E-state index contributed by atoms with van der Waals surface area (Å²) in [5, 5.41) is 19.9. The fraction of sp³-hybridized carbons (Fsp3) is 0.280. The molecule has 0 radical (unpaired) electrons. The maximum Gasteiger partial charge on any atom is 0.0628 e. The zero-order chi connectivity index (χ0) is 19.8. The van der Waals surface area contributed by atoms with Gasteiger partial charge in [-0.25, -0.2) is 0 Å². The number of nitrogens with zero attached hydrogens (tertiary/aromatic N) is 1. The molecule has 2 unspecified atom stereocenters. The van der Waals surface area contributed by atoms with Gasteiger partial charge in [0.1, 0.15) is 0 Å². The highest BCUT2D eigenvalue weighted by Crippen LogP contribution is 2.27. The molecule has 0 heterocycles. The second-order valence-electron chi connectivity index (χ2n) is 7.39. The molecule has 28 heavy (non-hydrogen) atoms. The molecule has 0 amide bonds. The summed E-state index contributed by atoms with van der Waals surface area (Å²) in [6.45, 7) is 3.44. The van der Waals surface area contributed by atoms with Crippen LogP contribution < -0.4 is 4.90 Å². The minimum absolute atomic E-state index is 0.0128. The van der Waals surface area contributed by atoms with Crippen LogP contribution in [0.1, 0.15) is 23.6 Å². The van der Waals surface area contributed by atoms with Crippen molar-refractivity contribution in [2.24, 2.45) is 5.92 Å². The number of para-hydroxylation sites is 1. The Bertz CT molecular complexity index is 794. The Morgan fingerprint density at radius 1 is 0.750 bits per heavy atom. The van der Waals surface area contributed by atoms with Crippen molar-refractivity contribution in [2.45, 2.75) is 32.5 Å². The van der Waals surface area contributed by atoms with Gasteiger partial charge in [0, 0.05) is 37.7 Å². The van der Waals surface area contributed by atoms with Crippen molar-refractivity contribution in [3.8, 4) is 0 Å². The molecule has 3 aromatic rings. The summed E-state index contributed by atoms with van der Waals surface area (Å²) in [7, 11) is 0. The van der Waals surface area contributed by atoms with E-state index in [0.717, 1.165) is 24.3 Å². The molecule has 3 heteroatoms. The highest BCUT2D eigenvalue weighted by Gasteiger charge is 2.18. The normalized spacial score (nSPS) is 13.1. The van der Waals surface area contributed by atoms with Crippen LogP contribution in [0.3, 0.4) is 0 Å². The molecule has 0 fully saturated rings. The molecule has 3 nitrogen and oxygen atoms in total. The first kappa shape index (κ1) is 20.1. The zero-order valence-corrected chi connectivity index (χ0v) is 16.4. The molecule has 0 saturated heterocycles. The van der Waals surface area contributed by atoms with Crippen molar-refractivity contribution < 1.29 is 10.2 Å². The average molecular weight is 376 g/mol. The van der Waals surface area contributed by atoms with Gasteiger partial charge in [0.2, 0.25) is 0 Å². The van der Waals surface area contributed by atoms with Gasteiger partial charge >= 0.3 is 0 Å². The second kappa shape index (κ2) is 10.1. The first-order valence-corrected chi connectivity index (χ1v) is 9.87. The minimum atomic E-state index is -0.568. The van der Waals surface area contributed by atoms with Crippen molar-refractivity contribution in [1.82, 2.24) is 0 Å². The van der Waals surface area contributed by atoms with E-state index in [9.17, 15) is 10.2 Å². The molecular formula is C25H29NO2. The third-order valence-electron chi connectivity index (χ3n) is 5.14. The standard InChI is InChI=1S/C25H29NO2/c1-20(19-27)25(28)16-23-14-8-9-15-24(23)26(17-21-10-4-2-5-11-21)18-22-12-6-3-7-13-22/h2-15,20,25,27-28H,16-19H2,1H3. The van der Waals surface area contributed by atoms with E-state index in [-0.39, 0.29) is 12.5 Å². The quantitative estimate of drug-likeness (QED) is 0.582. The second-order valence-corrected chi connectivity index (χ2v) is 7.39. The van der Waals surface area contributed by atoms with Crippen molar-refractivity contribution >= 4 is 5.69 Å². The van der Waals surface area contributed by atoms with Crippen LogP contribution in [0.4, 0.5) is 5.69 Å². The molecule has 0 aliphatic heterocycles. The monoisotopic (exact) mass is 375 g/mol. The first-order chi connectivity index (χ1) is 13.7. The van der Waals surface area contributed by atoms with Gasteiger partial charge < -0.3 is 15.1 Å². The summed E-state index contributed by atoms with van der Waals surface area (Å²) in [5.41, 5.74) is 4.72. The van der Waals surface area contributed by atoms with Crippen LogP contribution in [-0.4, -0.2) is 22.9 Å². The summed E-state index contributed by atoms with van der Waals surface area (Å²) < 4.78 is 0. The summed E-state index contributed by atoms with van der Waals surface area (Å²) >= 11 is 0. The number of aliphatic hydroxyl groups is 2. The van der Waals surface area contributed by atoms with Gasteiger partial charge in [-0.15, -0.1) is 0 Å². The topological polar surface area (TPSA) is 43.7 Å². The van der Waals surface area contributed by atoms with E-state index in [1.54, 1.807) is 0 Å². The number of hydrogen-bond acceptors (Lipinski definition) is 3. The molecule has 0 aliphatic carbocycles. The number of hydrogen-bond donors (Lipinski definition) is 2. The average Bonchev–Trinajstić information content (AvgIpc) is 2.74. The largest absolute Gasteiger partial charge is 0.396 e. The van der Waals surface area contributed by atoms with E-state index in [4.69, 9.17) is 0 Å². The lowest BCUT2D eigenvalue weighted by atomic mass is 9.96. The van der Waals surface area contributed by atoms with Gasteiger partial charge in [-0.1, -0.05) is 85.8 Å². The molecule has 0 saturated carbocycles. The van der Waals surface area contributed by atoms with E-state index in [1.165, 1.54) is 11.1 Å². The molecule has 146 valence electrons. The van der Waals surface area contributed by atoms with Crippen molar-refractivity contribution in [3.63, 3.8) is 0 Å². The highest BCUT2D eigenvalue weighted by molar-refractivity contribution is 5.54. The molecule has 3 aromatic carbocycles. The van der Waals surface area contributed by atoms with E-state index in [2.05, 4.69) is 65.6 Å². The number of benzene rings is 3. The molecule has 0 spiro atoms. The van der Waals surface area contributed by atoms with E-state index in [1.807, 2.05) is 31.2 Å². The first-order valence-electron chi connectivity index (χ1n) is 9.87. The van der Waals surface area contributed by atoms with Gasteiger partial charge in [-0.3, -0.25) is 0 Å². The Morgan fingerprint density at radius 2 is 1.25 bits per heavy atom. The molecule has 0 aromatic heterocycles. The molecule has 3 rings (SSSR count). The van der Waals surface area contributed by atoms with Crippen molar-refractivity contribution in [3.05, 3.63) is 102 Å². The van der Waals surface area contributed by atoms with Crippen molar-refractivity contribution in [1.29, 1.82) is 0 Å². The summed E-state index contributed by atoms with van der Waals surface area (Å²) in [4.78, 5) is 2.36. The number of rotatable bonds is 9. The van der Waals surface area contributed by atoms with Crippen LogP contribution in [0.15, 0.2) is 84.9 Å². The lowest BCUT2D eigenvalue weighted by Crippen LogP contribution is -2.27. The third kappa shape index (κ3) is 5.44. The number of aliphatic hydroxyl groups excluding tert-OH is 2. The number of anilines is 1. The fourth-order valence-corrected chi connectivity index (χ4v) is 3.37. The molecule has 0 aliphatic rings. The summed E-state index contributed by atoms with van der Waals surface area (Å²) in [6.07, 6.45) is -0.0423. The molecule has 2 N–H and O–H groups in total. The molecular weight excluding hydrogens is 346 g/mol. The van der Waals surface area contributed by atoms with E-state index in [0.29, 0.717) is 6.42 Å². The Kier molecular flexibility index (Phi) is 7.24. The Labute approximate surface area is 167 Å². The minimum Gasteiger partial charge on any atom is -0.396 e. The van der Waals surface area contributed by atoms with Crippen LogP contribution in [0, 0.1) is 5.92 Å². The van der Waals surface area contributed by atoms with Crippen LogP contribution >= 0.6 is 0 Å². The maximum atomic E-state index is 10.5. The van der Waals surface area contributed by atoms with Gasteiger partial charge in [0.15, 0.2) is 0 Å². The van der Waals surface area contributed by atoms with E-state index >= 15 is 0 Å². The third-order valence-corrected chi connectivity index (χ3v) is 5.14. The van der Waals surface area contributed by atoms with Crippen LogP contribution in [-0.2, 0) is 19.5 Å². The Morgan fingerprint density at radius 3 is 1.79 bits per heavy atom. The van der Waals surface area contributed by atoms with Crippen molar-refractivity contribution in [2.75, 3.05) is 11.5 Å². The van der Waals surface area contributed by atoms with Crippen LogP contribution in [0.2, 0.25) is 0 Å². The fourth-order valence-electron chi connectivity index (χ4n) is 3.37. The van der Waals surface area contributed by atoms with Gasteiger partial charge in [-0.2, -0.15) is 0 Å². The predicted octanol–water partition coefficient (Wildman–Crippen LogP) is 4.43. The van der Waals surface area contributed by atoms with Gasteiger partial charge in [-0.05, 0) is 22.8 Å². The van der Waals surface area contributed by atoms with Gasteiger partial charge in [0.05, 0.1) is 6.10 Å². The lowest BCUT2D eigenvalue weighted by molar-refractivity contribution is 0.0775. The smallest absolute Gasteiger partial charge is 0.0628 e. The molecule has 0 bridgehead atoms. The SMILES string of the molecule is CC(CO)C(O)Cc1ccccc1N(Cc1ccccc1)Cc1ccccc1. The highest BCUT2D eigenvalue weighted by atomic mass is 16.3. The van der Waals surface area contributed by atoms with Gasteiger partial charge in [0.25, 0.3) is 0 Å². The molecule has 2 atom stereocenters. The lowest BCUT2D eigenvalue weighted by Gasteiger charge is -2.29. The van der Waals surface area contributed by atoms with Crippen LogP contribution in [0.25, 0.3) is 0 Å².